The maximum absolute atomic E-state index is 3.92. The van der Waals surface area contributed by atoms with Gasteiger partial charge in [-0.05, 0) is 18.8 Å². The predicted molar refractivity (Wildman–Crippen MR) is 138 cm³/mol. The third-order valence-corrected chi connectivity index (χ3v) is 6.40. The SMILES string of the molecule is [CH2]CCCCC#CCCCCCC(CCC)CCCCCCCCCCCCC[CH2]. The quantitative estimate of drug-likeness (QED) is 0.115. The van der Waals surface area contributed by atoms with Crippen molar-refractivity contribution in [1.82, 2.24) is 0 Å². The fraction of sp³-hybridized carbons (Fsp3) is 0.867. The third-order valence-electron chi connectivity index (χ3n) is 6.40. The van der Waals surface area contributed by atoms with Gasteiger partial charge in [-0.2, -0.15) is 0 Å². The Labute approximate surface area is 192 Å². The molecule has 0 saturated heterocycles. The minimum atomic E-state index is 0.988. The molecule has 0 aromatic carbocycles. The van der Waals surface area contributed by atoms with Crippen LogP contribution >= 0.6 is 0 Å². The zero-order valence-corrected chi connectivity index (χ0v) is 21.0. The summed E-state index contributed by atoms with van der Waals surface area (Å²) in [6.07, 6.45) is 32.5. The van der Waals surface area contributed by atoms with Gasteiger partial charge in [-0.25, -0.2) is 0 Å². The summed E-state index contributed by atoms with van der Waals surface area (Å²) in [4.78, 5) is 0. The Balaban J connectivity index is 3.47. The number of unbranched alkanes of at least 4 members (excludes halogenated alkanes) is 17. The Morgan fingerprint density at radius 1 is 0.467 bits per heavy atom. The molecule has 0 aliphatic heterocycles. The Morgan fingerprint density at radius 2 is 0.833 bits per heavy atom. The molecule has 2 radical (unpaired) electrons. The first-order chi connectivity index (χ1) is 14.8. The van der Waals surface area contributed by atoms with Crippen molar-refractivity contribution in [2.24, 2.45) is 5.92 Å². The molecule has 0 heteroatoms. The standard InChI is InChI=1S/C30H56/c1-4-7-9-11-13-15-17-18-20-22-24-26-29-30(27-6-3)28-25-23-21-19-16-14-12-10-8-5-2/h30H,1-2,4-13,15,17-29H2,3H3. The highest BCUT2D eigenvalue weighted by Gasteiger charge is 2.07. The fourth-order valence-electron chi connectivity index (χ4n) is 4.43. The van der Waals surface area contributed by atoms with Gasteiger partial charge in [0.25, 0.3) is 0 Å². The molecular weight excluding hydrogens is 360 g/mol. The van der Waals surface area contributed by atoms with Crippen LogP contribution < -0.4 is 0 Å². The van der Waals surface area contributed by atoms with E-state index in [1.165, 1.54) is 128 Å². The highest BCUT2D eigenvalue weighted by atomic mass is 14.1. The number of hydrogen-bond donors (Lipinski definition) is 0. The summed E-state index contributed by atoms with van der Waals surface area (Å²) in [5.41, 5.74) is 0. The van der Waals surface area contributed by atoms with Crippen LogP contribution in [0, 0.1) is 31.6 Å². The molecule has 0 rings (SSSR count). The molecule has 0 nitrogen and oxygen atoms in total. The molecule has 0 N–H and O–H groups in total. The molecule has 0 heterocycles. The second kappa shape index (κ2) is 26.6. The summed E-state index contributed by atoms with van der Waals surface area (Å²) in [6.45, 7) is 10.2. The van der Waals surface area contributed by atoms with Gasteiger partial charge in [0, 0.05) is 12.8 Å². The van der Waals surface area contributed by atoms with Crippen LogP contribution in [0.4, 0.5) is 0 Å². The van der Waals surface area contributed by atoms with E-state index in [0.29, 0.717) is 0 Å². The van der Waals surface area contributed by atoms with Crippen molar-refractivity contribution in [1.29, 1.82) is 0 Å². The van der Waals surface area contributed by atoms with Gasteiger partial charge in [-0.3, -0.25) is 0 Å². The number of hydrogen-bond acceptors (Lipinski definition) is 0. The molecule has 0 aromatic heterocycles. The van der Waals surface area contributed by atoms with Crippen LogP contribution in [0.3, 0.4) is 0 Å². The topological polar surface area (TPSA) is 0 Å². The summed E-state index contributed by atoms with van der Waals surface area (Å²) < 4.78 is 0. The molecule has 0 aromatic rings. The zero-order chi connectivity index (χ0) is 22.0. The molecule has 0 fully saturated rings. The monoisotopic (exact) mass is 416 g/mol. The van der Waals surface area contributed by atoms with Crippen LogP contribution in [0.2, 0.25) is 0 Å². The number of rotatable bonds is 23. The van der Waals surface area contributed by atoms with Crippen LogP contribution in [-0.2, 0) is 0 Å². The normalized spacial score (nSPS) is 12.0. The molecule has 0 spiro atoms. The molecule has 1 atom stereocenters. The predicted octanol–water partition coefficient (Wildman–Crippen LogP) is 10.7. The maximum Gasteiger partial charge on any atom is 0.00886 e. The second-order valence-corrected chi connectivity index (χ2v) is 9.45. The van der Waals surface area contributed by atoms with Gasteiger partial charge < -0.3 is 0 Å². The Bertz CT molecular complexity index is 358. The first-order valence-corrected chi connectivity index (χ1v) is 13.9. The Kier molecular flexibility index (Phi) is 26.2. The van der Waals surface area contributed by atoms with Crippen molar-refractivity contribution in [2.45, 2.75) is 161 Å². The van der Waals surface area contributed by atoms with Crippen molar-refractivity contribution in [3.05, 3.63) is 13.8 Å². The minimum Gasteiger partial charge on any atom is -0.103 e. The maximum atomic E-state index is 3.92. The lowest BCUT2D eigenvalue weighted by Crippen LogP contribution is -2.00. The van der Waals surface area contributed by atoms with E-state index in [9.17, 15) is 0 Å². The summed E-state index contributed by atoms with van der Waals surface area (Å²) in [5.74, 6) is 7.68. The van der Waals surface area contributed by atoms with Gasteiger partial charge in [-0.1, -0.05) is 149 Å². The summed E-state index contributed by atoms with van der Waals surface area (Å²) in [6, 6.07) is 0. The Morgan fingerprint density at radius 3 is 1.30 bits per heavy atom. The van der Waals surface area contributed by atoms with E-state index in [1.54, 1.807) is 0 Å². The van der Waals surface area contributed by atoms with Gasteiger partial charge in [0.05, 0.1) is 0 Å². The smallest absolute Gasteiger partial charge is 0.00886 e. The highest BCUT2D eigenvalue weighted by molar-refractivity contribution is 4.98. The molecule has 1 unspecified atom stereocenters. The molecule has 0 saturated carbocycles. The Hall–Kier alpha value is -0.440. The van der Waals surface area contributed by atoms with E-state index in [2.05, 4.69) is 32.6 Å². The molecule has 0 aliphatic carbocycles. The average Bonchev–Trinajstić information content (AvgIpc) is 2.75. The molecule has 30 heavy (non-hydrogen) atoms. The molecule has 0 amide bonds. The second-order valence-electron chi connectivity index (χ2n) is 9.45. The highest BCUT2D eigenvalue weighted by Crippen LogP contribution is 2.23. The average molecular weight is 417 g/mol. The summed E-state index contributed by atoms with van der Waals surface area (Å²) >= 11 is 0. The lowest BCUT2D eigenvalue weighted by molar-refractivity contribution is 0.379. The van der Waals surface area contributed by atoms with E-state index < -0.39 is 0 Å². The van der Waals surface area contributed by atoms with Gasteiger partial charge in [0.2, 0.25) is 0 Å². The lowest BCUT2D eigenvalue weighted by Gasteiger charge is -2.15. The first-order valence-electron chi connectivity index (χ1n) is 13.9. The van der Waals surface area contributed by atoms with Gasteiger partial charge >= 0.3 is 0 Å². The third kappa shape index (κ3) is 23.8. The van der Waals surface area contributed by atoms with Crippen LogP contribution in [-0.4, -0.2) is 0 Å². The van der Waals surface area contributed by atoms with Crippen LogP contribution in [0.1, 0.15) is 161 Å². The van der Waals surface area contributed by atoms with Gasteiger partial charge in [0.15, 0.2) is 0 Å². The summed E-state index contributed by atoms with van der Waals surface area (Å²) in [7, 11) is 0. The van der Waals surface area contributed by atoms with E-state index in [0.717, 1.165) is 31.6 Å². The lowest BCUT2D eigenvalue weighted by atomic mass is 9.90. The van der Waals surface area contributed by atoms with Crippen molar-refractivity contribution in [2.75, 3.05) is 0 Å². The zero-order valence-electron chi connectivity index (χ0n) is 21.0. The van der Waals surface area contributed by atoms with E-state index >= 15 is 0 Å². The largest absolute Gasteiger partial charge is 0.103 e. The van der Waals surface area contributed by atoms with Crippen LogP contribution in [0.25, 0.3) is 0 Å². The molecule has 176 valence electrons. The van der Waals surface area contributed by atoms with E-state index in [1.807, 2.05) is 0 Å². The van der Waals surface area contributed by atoms with Crippen molar-refractivity contribution >= 4 is 0 Å². The van der Waals surface area contributed by atoms with Crippen molar-refractivity contribution < 1.29 is 0 Å². The minimum absolute atomic E-state index is 0.988. The van der Waals surface area contributed by atoms with Gasteiger partial charge in [-0.15, -0.1) is 11.8 Å². The molecule has 0 bridgehead atoms. The van der Waals surface area contributed by atoms with E-state index in [4.69, 9.17) is 0 Å². The summed E-state index contributed by atoms with van der Waals surface area (Å²) in [5, 5.41) is 0. The molecular formula is C30H56. The molecule has 0 aliphatic rings. The van der Waals surface area contributed by atoms with Crippen LogP contribution in [0.15, 0.2) is 0 Å². The van der Waals surface area contributed by atoms with Crippen molar-refractivity contribution in [3.8, 4) is 11.8 Å². The van der Waals surface area contributed by atoms with E-state index in [-0.39, 0.29) is 0 Å². The fourth-order valence-corrected chi connectivity index (χ4v) is 4.43. The van der Waals surface area contributed by atoms with Gasteiger partial charge in [0.1, 0.15) is 0 Å². The van der Waals surface area contributed by atoms with Crippen molar-refractivity contribution in [3.63, 3.8) is 0 Å². The van der Waals surface area contributed by atoms with Crippen LogP contribution in [0.5, 0.6) is 0 Å². The first kappa shape index (κ1) is 29.6.